The summed E-state index contributed by atoms with van der Waals surface area (Å²) in [5.74, 6) is 0.998. The highest BCUT2D eigenvalue weighted by Crippen LogP contribution is 2.39. The number of hydrogen-bond donors (Lipinski definition) is 2. The fourth-order valence-electron chi connectivity index (χ4n) is 2.42. The summed E-state index contributed by atoms with van der Waals surface area (Å²) in [6.45, 7) is 0.136. The molecule has 0 saturated heterocycles. The molecule has 2 N–H and O–H groups in total. The molecule has 134 valence electrons. The fourth-order valence-corrected chi connectivity index (χ4v) is 3.84. The third kappa shape index (κ3) is 3.53. The molecule has 0 atom stereocenters. The van der Waals surface area contributed by atoms with Gasteiger partial charge in [-0.1, -0.05) is 46.6 Å². The maximum atomic E-state index is 12.2. The Morgan fingerprint density at radius 2 is 1.92 bits per heavy atom. The van der Waals surface area contributed by atoms with Gasteiger partial charge in [-0.3, -0.25) is 4.79 Å². The van der Waals surface area contributed by atoms with E-state index in [-0.39, 0.29) is 18.5 Å². The lowest BCUT2D eigenvalue weighted by Crippen LogP contribution is -2.14. The Morgan fingerprint density at radius 3 is 2.73 bits per heavy atom. The van der Waals surface area contributed by atoms with Crippen molar-refractivity contribution >= 4 is 69.2 Å². The summed E-state index contributed by atoms with van der Waals surface area (Å²) in [7, 11) is 0. The molecule has 0 unspecified atom stereocenters. The monoisotopic (exact) mass is 429 g/mol. The maximum absolute atomic E-state index is 12.2. The molecule has 4 rings (SSSR count). The average molecular weight is 431 g/mol. The maximum Gasteiger partial charge on any atom is 0.234 e. The van der Waals surface area contributed by atoms with E-state index < -0.39 is 0 Å². The molecule has 2 heterocycles. The number of fused-ring (bicyclic) bond motifs is 2. The molecule has 3 aromatic rings. The number of ether oxygens (including phenoxy) is 2. The van der Waals surface area contributed by atoms with Gasteiger partial charge in [0.05, 0.1) is 27.0 Å². The van der Waals surface area contributed by atoms with Crippen LogP contribution in [0.15, 0.2) is 29.4 Å². The van der Waals surface area contributed by atoms with E-state index in [0.717, 1.165) is 0 Å². The zero-order chi connectivity index (χ0) is 18.3. The van der Waals surface area contributed by atoms with E-state index >= 15 is 0 Å². The molecule has 1 amide bonds. The number of nitrogens with one attached hydrogen (secondary N) is 2. The van der Waals surface area contributed by atoms with E-state index in [1.54, 1.807) is 24.3 Å². The lowest BCUT2D eigenvalue weighted by Gasteiger charge is -2.07. The number of thioether (sulfide) groups is 1. The molecule has 1 aliphatic rings. The van der Waals surface area contributed by atoms with Crippen molar-refractivity contribution in [3.8, 4) is 11.5 Å². The number of halogens is 3. The number of rotatable bonds is 4. The molecule has 0 aliphatic carbocycles. The number of carbonyl (C=O) groups is 1. The van der Waals surface area contributed by atoms with Gasteiger partial charge in [-0.05, 0) is 12.1 Å². The van der Waals surface area contributed by atoms with E-state index in [1.807, 2.05) is 0 Å². The first-order chi connectivity index (χ1) is 12.5. The van der Waals surface area contributed by atoms with Gasteiger partial charge >= 0.3 is 0 Å². The summed E-state index contributed by atoms with van der Waals surface area (Å²) < 4.78 is 10.5. The van der Waals surface area contributed by atoms with Gasteiger partial charge in [0.1, 0.15) is 5.52 Å². The third-order valence-electron chi connectivity index (χ3n) is 3.56. The van der Waals surface area contributed by atoms with Crippen molar-refractivity contribution < 1.29 is 14.3 Å². The minimum atomic E-state index is -0.236. The zero-order valence-corrected chi connectivity index (χ0v) is 16.0. The highest BCUT2D eigenvalue weighted by atomic mass is 35.5. The van der Waals surface area contributed by atoms with E-state index in [4.69, 9.17) is 44.3 Å². The predicted molar refractivity (Wildman–Crippen MR) is 103 cm³/mol. The first kappa shape index (κ1) is 17.6. The number of nitrogens with zero attached hydrogens (tertiary/aromatic N) is 1. The highest BCUT2D eigenvalue weighted by molar-refractivity contribution is 7.99. The molecule has 0 fully saturated rings. The average Bonchev–Trinajstić information content (AvgIpc) is 3.19. The Hall–Kier alpha value is -1.80. The second-order valence-corrected chi connectivity index (χ2v) is 7.56. The van der Waals surface area contributed by atoms with Crippen LogP contribution in [0.4, 0.5) is 5.69 Å². The van der Waals surface area contributed by atoms with Gasteiger partial charge < -0.3 is 19.8 Å². The van der Waals surface area contributed by atoms with Crippen LogP contribution in [0, 0.1) is 0 Å². The molecule has 0 radical (unpaired) electrons. The SMILES string of the molecule is O=C(CSc1nc2c(Cl)cc(Cl)cc2[nH]1)Nc1cc2c(cc1Cl)OCO2. The van der Waals surface area contributed by atoms with Crippen LogP contribution in [0.2, 0.25) is 15.1 Å². The zero-order valence-electron chi connectivity index (χ0n) is 12.9. The van der Waals surface area contributed by atoms with Gasteiger partial charge in [0, 0.05) is 17.2 Å². The number of hydrogen-bond acceptors (Lipinski definition) is 5. The molecular formula is C16H10Cl3N3O3S. The lowest BCUT2D eigenvalue weighted by molar-refractivity contribution is -0.113. The van der Waals surface area contributed by atoms with Crippen molar-refractivity contribution in [3.63, 3.8) is 0 Å². The Labute approximate surface area is 167 Å². The van der Waals surface area contributed by atoms with Crippen LogP contribution in [0.1, 0.15) is 0 Å². The quantitative estimate of drug-likeness (QED) is 0.571. The molecule has 10 heteroatoms. The van der Waals surface area contributed by atoms with Crippen molar-refractivity contribution in [2.45, 2.75) is 5.16 Å². The van der Waals surface area contributed by atoms with Crippen molar-refractivity contribution in [2.24, 2.45) is 0 Å². The largest absolute Gasteiger partial charge is 0.454 e. The van der Waals surface area contributed by atoms with Gasteiger partial charge in [0.15, 0.2) is 16.7 Å². The number of H-pyrrole nitrogens is 1. The molecule has 2 aromatic carbocycles. The first-order valence-electron chi connectivity index (χ1n) is 7.36. The number of amides is 1. The van der Waals surface area contributed by atoms with Crippen molar-refractivity contribution in [3.05, 3.63) is 39.3 Å². The predicted octanol–water partition coefficient (Wildman–Crippen LogP) is 4.98. The summed E-state index contributed by atoms with van der Waals surface area (Å²) in [5, 5.41) is 4.65. The van der Waals surface area contributed by atoms with Crippen molar-refractivity contribution in [2.75, 3.05) is 17.9 Å². The van der Waals surface area contributed by atoms with Crippen LogP contribution in [0.25, 0.3) is 11.0 Å². The number of anilines is 1. The van der Waals surface area contributed by atoms with Crippen LogP contribution in [0.3, 0.4) is 0 Å². The number of carbonyl (C=O) groups excluding carboxylic acids is 1. The minimum Gasteiger partial charge on any atom is -0.454 e. The summed E-state index contributed by atoms with van der Waals surface area (Å²) in [6.07, 6.45) is 0. The van der Waals surface area contributed by atoms with Crippen molar-refractivity contribution in [1.82, 2.24) is 9.97 Å². The molecular weight excluding hydrogens is 421 g/mol. The van der Waals surface area contributed by atoms with Crippen LogP contribution in [-0.2, 0) is 4.79 Å². The van der Waals surface area contributed by atoms with Crippen LogP contribution < -0.4 is 14.8 Å². The Bertz CT molecular complexity index is 1020. The number of aromatic nitrogens is 2. The third-order valence-corrected chi connectivity index (χ3v) is 5.25. The molecule has 0 spiro atoms. The molecule has 1 aliphatic heterocycles. The summed E-state index contributed by atoms with van der Waals surface area (Å²) in [6, 6.07) is 6.59. The summed E-state index contributed by atoms with van der Waals surface area (Å²) in [5.41, 5.74) is 1.78. The number of aromatic amines is 1. The van der Waals surface area contributed by atoms with Crippen molar-refractivity contribution in [1.29, 1.82) is 0 Å². The Kier molecular flexibility index (Phi) is 4.79. The van der Waals surface area contributed by atoms with Gasteiger partial charge in [-0.15, -0.1) is 0 Å². The van der Waals surface area contributed by atoms with Crippen LogP contribution in [-0.4, -0.2) is 28.4 Å². The van der Waals surface area contributed by atoms with E-state index in [0.29, 0.717) is 48.4 Å². The smallest absolute Gasteiger partial charge is 0.234 e. The normalized spacial score (nSPS) is 12.6. The van der Waals surface area contributed by atoms with E-state index in [9.17, 15) is 4.79 Å². The second-order valence-electron chi connectivity index (χ2n) is 5.35. The van der Waals surface area contributed by atoms with Gasteiger partial charge in [-0.25, -0.2) is 4.98 Å². The van der Waals surface area contributed by atoms with E-state index in [1.165, 1.54) is 11.8 Å². The van der Waals surface area contributed by atoms with Gasteiger partial charge in [0.2, 0.25) is 12.7 Å². The molecule has 6 nitrogen and oxygen atoms in total. The molecule has 0 bridgehead atoms. The summed E-state index contributed by atoms with van der Waals surface area (Å²) >= 11 is 19.5. The highest BCUT2D eigenvalue weighted by Gasteiger charge is 2.18. The van der Waals surface area contributed by atoms with Crippen LogP contribution in [0.5, 0.6) is 11.5 Å². The second kappa shape index (κ2) is 7.08. The van der Waals surface area contributed by atoms with Crippen LogP contribution >= 0.6 is 46.6 Å². The fraction of sp³-hybridized carbons (Fsp3) is 0.125. The topological polar surface area (TPSA) is 76.2 Å². The lowest BCUT2D eigenvalue weighted by atomic mass is 10.2. The van der Waals surface area contributed by atoms with E-state index in [2.05, 4.69) is 15.3 Å². The molecule has 0 saturated carbocycles. The Balaban J connectivity index is 1.44. The minimum absolute atomic E-state index is 0.135. The summed E-state index contributed by atoms with van der Waals surface area (Å²) in [4.78, 5) is 19.7. The standard InChI is InChI=1S/C16H10Cl3N3O3S/c17-7-1-9(19)15-11(2-7)21-16(22-15)26-5-14(23)20-10-4-13-12(3-8(10)18)24-6-25-13/h1-4H,5-6H2,(H,20,23)(H,21,22). The molecule has 26 heavy (non-hydrogen) atoms. The first-order valence-corrected chi connectivity index (χ1v) is 9.48. The van der Waals surface area contributed by atoms with Gasteiger partial charge in [-0.2, -0.15) is 0 Å². The number of benzene rings is 2. The van der Waals surface area contributed by atoms with Gasteiger partial charge in [0.25, 0.3) is 0 Å². The Morgan fingerprint density at radius 1 is 1.15 bits per heavy atom. The molecule has 1 aromatic heterocycles. The number of imidazole rings is 1.